The largest absolute Gasteiger partial charge is 0.725 e. The quantitative estimate of drug-likeness (QED) is 0.216. The lowest BCUT2D eigenvalue weighted by molar-refractivity contribution is -0.119. The molecule has 2 aliphatic rings. The first-order valence-electron chi connectivity index (χ1n) is 13.9. The first-order chi connectivity index (χ1) is 21.4. The van der Waals surface area contributed by atoms with Gasteiger partial charge in [-0.15, -0.1) is 0 Å². The highest BCUT2D eigenvalue weighted by Crippen LogP contribution is 2.34. The second-order valence-corrected chi connectivity index (χ2v) is 9.85. The van der Waals surface area contributed by atoms with E-state index in [9.17, 15) is 13.4 Å². The highest BCUT2D eigenvalue weighted by atomic mass is 19.3. The molecule has 0 radical (unpaired) electrons. The third-order valence-electron chi connectivity index (χ3n) is 6.47. The number of carbonyl (C=O) groups is 1. The Morgan fingerprint density at radius 1 is 0.886 bits per heavy atom. The lowest BCUT2D eigenvalue weighted by Crippen LogP contribution is -2.34. The van der Waals surface area contributed by atoms with Gasteiger partial charge in [0.2, 0.25) is 0 Å². The molecule has 12 heteroatoms. The van der Waals surface area contributed by atoms with E-state index in [4.69, 9.17) is 18.8 Å². The van der Waals surface area contributed by atoms with E-state index in [1.165, 1.54) is 6.08 Å². The fraction of sp³-hybridized carbons (Fsp3) is 0.188. The minimum atomic E-state index is -4.60. The number of rotatable bonds is 11. The van der Waals surface area contributed by atoms with Crippen LogP contribution in [0.5, 0.6) is 5.75 Å². The van der Waals surface area contributed by atoms with Crippen molar-refractivity contribution in [2.75, 3.05) is 26.9 Å². The van der Waals surface area contributed by atoms with Gasteiger partial charge in [-0.25, -0.2) is 4.99 Å². The van der Waals surface area contributed by atoms with E-state index in [0.29, 0.717) is 48.9 Å². The van der Waals surface area contributed by atoms with E-state index in [1.807, 2.05) is 41.3 Å². The molecule has 9 nitrogen and oxygen atoms in total. The SMILES string of the molecule is COCCOc1ccc(C2=CC(=C3C=CC(=NC(=O)CN(Cc4ccccn4)Cc4ccccn4)C=C3)O[B-](F)(F)O2)cc1. The van der Waals surface area contributed by atoms with Gasteiger partial charge in [0.1, 0.15) is 12.4 Å². The summed E-state index contributed by atoms with van der Waals surface area (Å²) in [5.74, 6) is 0.104. The lowest BCUT2D eigenvalue weighted by Gasteiger charge is -2.35. The standard InChI is InChI=1S/C32H30BF2N4O5/c1-41-18-19-42-29-14-10-25(11-15-29)31-20-30(43-33(34,35)44-31)24-8-12-26(13-9-24)38-32(40)23-39(21-27-6-2-4-16-36-27)22-28-7-3-5-17-37-28/h2-17,20H,18-19,21-23H2,1H3/q-1. The fourth-order valence-corrected chi connectivity index (χ4v) is 4.45. The Morgan fingerprint density at radius 2 is 1.55 bits per heavy atom. The molecule has 1 amide bonds. The van der Waals surface area contributed by atoms with Crippen molar-refractivity contribution < 1.29 is 32.2 Å². The Kier molecular flexibility index (Phi) is 10.1. The van der Waals surface area contributed by atoms with Gasteiger partial charge in [0, 0.05) is 49.8 Å². The molecule has 0 saturated heterocycles. The van der Waals surface area contributed by atoms with E-state index in [-0.39, 0.29) is 24.0 Å². The van der Waals surface area contributed by atoms with Crippen LogP contribution < -0.4 is 4.74 Å². The smallest absolute Gasteiger partial charge is 0.627 e. The first-order valence-corrected chi connectivity index (χ1v) is 13.9. The van der Waals surface area contributed by atoms with Crippen LogP contribution in [-0.4, -0.2) is 60.5 Å². The predicted octanol–water partition coefficient (Wildman–Crippen LogP) is 5.31. The predicted molar refractivity (Wildman–Crippen MR) is 162 cm³/mol. The monoisotopic (exact) mass is 599 g/mol. The maximum atomic E-state index is 14.5. The molecule has 0 atom stereocenters. The highest BCUT2D eigenvalue weighted by Gasteiger charge is 2.38. The topological polar surface area (TPSA) is 95.4 Å². The van der Waals surface area contributed by atoms with Crippen LogP contribution >= 0.6 is 0 Å². The van der Waals surface area contributed by atoms with Crippen molar-refractivity contribution in [1.82, 2.24) is 14.9 Å². The number of amides is 1. The number of allylic oxidation sites excluding steroid dienone is 6. The second-order valence-electron chi connectivity index (χ2n) is 9.85. The summed E-state index contributed by atoms with van der Waals surface area (Å²) in [4.78, 5) is 27.8. The fourth-order valence-electron chi connectivity index (χ4n) is 4.45. The molecule has 1 aliphatic heterocycles. The maximum Gasteiger partial charge on any atom is 0.725 e. The number of methoxy groups -OCH3 is 1. The molecule has 0 saturated carbocycles. The normalized spacial score (nSPS) is 15.5. The van der Waals surface area contributed by atoms with Crippen LogP contribution in [0.4, 0.5) is 8.63 Å². The average Bonchev–Trinajstić information content (AvgIpc) is 3.02. The molecule has 0 bridgehead atoms. The van der Waals surface area contributed by atoms with Gasteiger partial charge in [0.05, 0.1) is 41.8 Å². The third kappa shape index (κ3) is 8.79. The summed E-state index contributed by atoms with van der Waals surface area (Å²) < 4.78 is 49.2. The number of nitrogens with zero attached hydrogens (tertiary/aromatic N) is 4. The van der Waals surface area contributed by atoms with Crippen LogP contribution in [0, 0.1) is 0 Å². The molecular weight excluding hydrogens is 569 g/mol. The van der Waals surface area contributed by atoms with Crippen LogP contribution in [0.3, 0.4) is 0 Å². The first kappa shape index (κ1) is 30.5. The van der Waals surface area contributed by atoms with Crippen molar-refractivity contribution in [3.05, 3.63) is 132 Å². The maximum absolute atomic E-state index is 14.5. The van der Waals surface area contributed by atoms with Crippen LogP contribution in [0.2, 0.25) is 0 Å². The van der Waals surface area contributed by atoms with E-state index < -0.39 is 7.11 Å². The van der Waals surface area contributed by atoms with Crippen molar-refractivity contribution in [2.24, 2.45) is 4.99 Å². The zero-order chi connectivity index (χ0) is 30.8. The molecule has 2 aromatic heterocycles. The van der Waals surface area contributed by atoms with Gasteiger partial charge in [0.25, 0.3) is 5.91 Å². The minimum Gasteiger partial charge on any atom is -0.627 e. The summed E-state index contributed by atoms with van der Waals surface area (Å²) in [5, 5.41) is 0. The molecule has 3 heterocycles. The van der Waals surface area contributed by atoms with E-state index >= 15 is 0 Å². The average molecular weight is 599 g/mol. The summed E-state index contributed by atoms with van der Waals surface area (Å²) in [6.07, 6.45) is 11.1. The summed E-state index contributed by atoms with van der Waals surface area (Å²) in [7, 11) is -3.03. The molecule has 0 spiro atoms. The Balaban J connectivity index is 1.28. The zero-order valence-corrected chi connectivity index (χ0v) is 24.0. The lowest BCUT2D eigenvalue weighted by atomic mass is 10.0. The summed E-state index contributed by atoms with van der Waals surface area (Å²) in [6.45, 7) is 1.69. The van der Waals surface area contributed by atoms with Gasteiger partial charge < -0.3 is 27.4 Å². The molecule has 3 aromatic rings. The van der Waals surface area contributed by atoms with E-state index in [0.717, 1.165) is 11.4 Å². The number of benzene rings is 1. The number of hydrogen-bond donors (Lipinski definition) is 0. The van der Waals surface area contributed by atoms with Gasteiger partial charge in [0.15, 0.2) is 0 Å². The summed E-state index contributed by atoms with van der Waals surface area (Å²) >= 11 is 0. The molecule has 226 valence electrons. The van der Waals surface area contributed by atoms with E-state index in [1.54, 1.807) is 68.1 Å². The van der Waals surface area contributed by atoms with Crippen molar-refractivity contribution in [3.8, 4) is 5.75 Å². The van der Waals surface area contributed by atoms with Crippen LogP contribution in [0.15, 0.2) is 120 Å². The molecule has 1 aromatic carbocycles. The molecule has 0 unspecified atom stereocenters. The Morgan fingerprint density at radius 3 is 2.14 bits per heavy atom. The number of halogens is 2. The molecule has 0 N–H and O–H groups in total. The molecule has 44 heavy (non-hydrogen) atoms. The molecule has 5 rings (SSSR count). The number of ether oxygens (including phenoxy) is 2. The Bertz CT molecular complexity index is 1530. The molecule has 1 aliphatic carbocycles. The van der Waals surface area contributed by atoms with Gasteiger partial charge in [-0.05, 0) is 72.8 Å². The van der Waals surface area contributed by atoms with Crippen LogP contribution in [-0.2, 0) is 31.9 Å². The van der Waals surface area contributed by atoms with Gasteiger partial charge in [-0.2, -0.15) is 0 Å². The number of aromatic nitrogens is 2. The third-order valence-corrected chi connectivity index (χ3v) is 6.47. The van der Waals surface area contributed by atoms with Crippen LogP contribution in [0.1, 0.15) is 17.0 Å². The Hall–Kier alpha value is -4.94. The van der Waals surface area contributed by atoms with E-state index in [2.05, 4.69) is 15.0 Å². The summed E-state index contributed by atoms with van der Waals surface area (Å²) in [5.41, 5.74) is 2.82. The molecular formula is C32H30BF2N4O5-. The van der Waals surface area contributed by atoms with Gasteiger partial charge in [-0.3, -0.25) is 19.7 Å². The van der Waals surface area contributed by atoms with Crippen molar-refractivity contribution >= 4 is 24.5 Å². The second kappa shape index (κ2) is 14.5. The van der Waals surface area contributed by atoms with Gasteiger partial charge >= 0.3 is 7.11 Å². The van der Waals surface area contributed by atoms with Crippen molar-refractivity contribution in [1.29, 1.82) is 0 Å². The number of pyridine rings is 2. The zero-order valence-electron chi connectivity index (χ0n) is 24.0. The number of aliphatic imine (C=N–C) groups is 1. The van der Waals surface area contributed by atoms with Crippen molar-refractivity contribution in [2.45, 2.75) is 13.1 Å². The molecule has 0 fully saturated rings. The van der Waals surface area contributed by atoms with Crippen LogP contribution in [0.25, 0.3) is 5.76 Å². The highest BCUT2D eigenvalue weighted by molar-refractivity contribution is 6.53. The number of carbonyl (C=O) groups excluding carboxylic acids is 1. The van der Waals surface area contributed by atoms with Crippen molar-refractivity contribution in [3.63, 3.8) is 0 Å². The minimum absolute atomic E-state index is 0.0315. The Labute approximate surface area is 253 Å². The number of hydrogen-bond acceptors (Lipinski definition) is 8. The van der Waals surface area contributed by atoms with Gasteiger partial charge in [-0.1, -0.05) is 12.1 Å². The summed E-state index contributed by atoms with van der Waals surface area (Å²) in [6, 6.07) is 17.8.